The number of rotatable bonds is 9. The Morgan fingerprint density at radius 3 is 2.91 bits per heavy atom. The molecule has 0 unspecified atom stereocenters. The zero-order valence-electron chi connectivity index (χ0n) is 19.9. The largest absolute Gasteiger partial charge is 0.431 e. The van der Waals surface area contributed by atoms with Crippen molar-refractivity contribution in [2.75, 3.05) is 32.1 Å². The van der Waals surface area contributed by atoms with Crippen LogP contribution in [0.15, 0.2) is 29.1 Å². The number of fused-ring (bicyclic) bond motifs is 1. The number of ether oxygens (including phenoxy) is 1. The van der Waals surface area contributed by atoms with E-state index in [2.05, 4.69) is 46.6 Å². The quantitative estimate of drug-likeness (QED) is 0.324. The minimum Gasteiger partial charge on any atom is -0.431 e. The summed E-state index contributed by atoms with van der Waals surface area (Å²) in [7, 11) is 0.433. The monoisotopic (exact) mass is 470 g/mol. The third-order valence-electron chi connectivity index (χ3n) is 5.85. The lowest BCUT2D eigenvalue weighted by molar-refractivity contribution is 0.0898. The van der Waals surface area contributed by atoms with Gasteiger partial charge in [-0.25, -0.2) is 9.97 Å². The average molecular weight is 471 g/mol. The topological polar surface area (TPSA) is 106 Å². The molecule has 0 saturated carbocycles. The molecule has 4 heterocycles. The average Bonchev–Trinajstić information content (AvgIpc) is 3.44. The van der Waals surface area contributed by atoms with Crippen molar-refractivity contribution in [2.24, 2.45) is 0 Å². The van der Waals surface area contributed by atoms with E-state index < -0.39 is 8.07 Å². The number of aromatic nitrogens is 3. The van der Waals surface area contributed by atoms with E-state index in [9.17, 15) is 4.79 Å². The fourth-order valence-corrected chi connectivity index (χ4v) is 4.66. The van der Waals surface area contributed by atoms with Crippen LogP contribution in [0.5, 0.6) is 0 Å². The van der Waals surface area contributed by atoms with Gasteiger partial charge in [-0.15, -0.1) is 0 Å². The van der Waals surface area contributed by atoms with Crippen LogP contribution in [0.3, 0.4) is 0 Å². The second kappa shape index (κ2) is 10.1. The molecule has 3 aromatic heterocycles. The molecule has 0 radical (unpaired) electrons. The molecule has 1 aliphatic rings. The zero-order chi connectivity index (χ0) is 23.4. The van der Waals surface area contributed by atoms with Crippen LogP contribution in [0.2, 0.25) is 25.7 Å². The van der Waals surface area contributed by atoms with Gasteiger partial charge in [0.15, 0.2) is 0 Å². The van der Waals surface area contributed by atoms with E-state index in [1.807, 2.05) is 10.8 Å². The minimum atomic E-state index is -1.13. The second-order valence-corrected chi connectivity index (χ2v) is 15.3. The Labute approximate surface area is 195 Å². The number of nitrogens with one attached hydrogen (secondary N) is 3. The maximum absolute atomic E-state index is 12.0. The summed E-state index contributed by atoms with van der Waals surface area (Å²) in [4.78, 5) is 21.0. The number of hydrogen-bond acceptors (Lipinski definition) is 7. The minimum absolute atomic E-state index is 0.172. The zero-order valence-corrected chi connectivity index (χ0v) is 20.9. The van der Waals surface area contributed by atoms with E-state index in [1.54, 1.807) is 13.2 Å². The maximum atomic E-state index is 12.0. The molecule has 1 fully saturated rings. The van der Waals surface area contributed by atoms with Gasteiger partial charge in [-0.2, -0.15) is 0 Å². The Morgan fingerprint density at radius 1 is 1.33 bits per heavy atom. The fraction of sp³-hybridized carbons (Fsp3) is 0.522. The van der Waals surface area contributed by atoms with Crippen molar-refractivity contribution in [3.05, 3.63) is 30.4 Å². The first kappa shape index (κ1) is 23.5. The van der Waals surface area contributed by atoms with E-state index in [4.69, 9.17) is 14.1 Å². The first-order chi connectivity index (χ1) is 15.9. The number of amides is 1. The molecule has 9 nitrogen and oxygen atoms in total. The highest BCUT2D eigenvalue weighted by atomic mass is 28.3. The van der Waals surface area contributed by atoms with Gasteiger partial charge >= 0.3 is 0 Å². The lowest BCUT2D eigenvalue weighted by atomic mass is 10.1. The van der Waals surface area contributed by atoms with Crippen molar-refractivity contribution in [1.82, 2.24) is 25.2 Å². The third-order valence-corrected chi connectivity index (χ3v) is 7.55. The molecule has 10 heteroatoms. The summed E-state index contributed by atoms with van der Waals surface area (Å²) in [6.45, 7) is 10.2. The predicted octanol–water partition coefficient (Wildman–Crippen LogP) is 3.53. The van der Waals surface area contributed by atoms with Gasteiger partial charge in [-0.1, -0.05) is 19.6 Å². The first-order valence-electron chi connectivity index (χ1n) is 11.6. The molecule has 0 bridgehead atoms. The summed E-state index contributed by atoms with van der Waals surface area (Å²) in [6.07, 6.45) is 7.41. The Bertz CT molecular complexity index is 1100. The SMILES string of the molecule is CNC(=O)c1cnc(-c2cnc3c(ccn3COCC[Si](C)(C)C)c2N[C@@H]2CCCNC2)o1. The molecule has 3 aromatic rings. The number of carbonyl (C=O) groups is 1. The van der Waals surface area contributed by atoms with Crippen LogP contribution in [0, 0.1) is 0 Å². The summed E-state index contributed by atoms with van der Waals surface area (Å²) in [5.74, 6) is 0.232. The van der Waals surface area contributed by atoms with Crippen LogP contribution in [0.4, 0.5) is 5.69 Å². The highest BCUT2D eigenvalue weighted by Gasteiger charge is 2.22. The van der Waals surface area contributed by atoms with Gasteiger partial charge in [0.2, 0.25) is 11.7 Å². The van der Waals surface area contributed by atoms with E-state index in [-0.39, 0.29) is 17.7 Å². The molecule has 1 amide bonds. The van der Waals surface area contributed by atoms with Crippen molar-refractivity contribution in [1.29, 1.82) is 0 Å². The molecule has 4 rings (SSSR count). The highest BCUT2D eigenvalue weighted by molar-refractivity contribution is 6.76. The summed E-state index contributed by atoms with van der Waals surface area (Å²) >= 11 is 0. The molecule has 33 heavy (non-hydrogen) atoms. The van der Waals surface area contributed by atoms with Gasteiger partial charge in [-0.05, 0) is 31.5 Å². The third kappa shape index (κ3) is 5.63. The first-order valence-corrected chi connectivity index (χ1v) is 15.3. The van der Waals surface area contributed by atoms with Gasteiger partial charge in [0.05, 0.1) is 17.4 Å². The number of nitrogens with zero attached hydrogens (tertiary/aromatic N) is 3. The molecule has 178 valence electrons. The van der Waals surface area contributed by atoms with E-state index in [0.29, 0.717) is 12.6 Å². The van der Waals surface area contributed by atoms with Crippen molar-refractivity contribution < 1.29 is 13.9 Å². The smallest absolute Gasteiger partial charge is 0.288 e. The van der Waals surface area contributed by atoms with Gasteiger partial charge in [0.1, 0.15) is 12.4 Å². The number of anilines is 1. The maximum Gasteiger partial charge on any atom is 0.288 e. The molecule has 1 aliphatic heterocycles. The standard InChI is InChI=1S/C23H34N6O3Si/c1-24-22(30)19-14-27-23(32-19)18-13-26-21-17(20(18)28-16-6-5-8-25-12-16)7-9-29(21)15-31-10-11-33(2,3)4/h7,9,13-14,16,25H,5-6,8,10-12,15H2,1-4H3,(H,24,30)(H,26,28)/t16-/m1/s1. The summed E-state index contributed by atoms with van der Waals surface area (Å²) in [5.41, 5.74) is 2.50. The number of hydrogen-bond donors (Lipinski definition) is 3. The molecular formula is C23H34N6O3Si. The van der Waals surface area contributed by atoms with E-state index in [1.165, 1.54) is 6.20 Å². The van der Waals surface area contributed by atoms with Crippen molar-refractivity contribution in [2.45, 2.75) is 51.3 Å². The van der Waals surface area contributed by atoms with Crippen molar-refractivity contribution in [3.63, 3.8) is 0 Å². The predicted molar refractivity (Wildman–Crippen MR) is 132 cm³/mol. The Kier molecular flexibility index (Phi) is 7.16. The Morgan fingerprint density at radius 2 is 2.18 bits per heavy atom. The number of pyridine rings is 1. The molecule has 0 spiro atoms. The lowest BCUT2D eigenvalue weighted by Gasteiger charge is -2.26. The van der Waals surface area contributed by atoms with Crippen LogP contribution < -0.4 is 16.0 Å². The van der Waals surface area contributed by atoms with Crippen LogP contribution in [0.1, 0.15) is 23.4 Å². The molecule has 0 aliphatic carbocycles. The molecular weight excluding hydrogens is 436 g/mol. The van der Waals surface area contributed by atoms with Gasteiger partial charge in [-0.3, -0.25) is 4.79 Å². The normalized spacial score (nSPS) is 16.8. The highest BCUT2D eigenvalue weighted by Crippen LogP contribution is 2.35. The van der Waals surface area contributed by atoms with Crippen molar-refractivity contribution in [3.8, 4) is 11.5 Å². The van der Waals surface area contributed by atoms with Crippen LogP contribution in [0.25, 0.3) is 22.5 Å². The summed E-state index contributed by atoms with van der Waals surface area (Å²) in [6, 6.07) is 3.46. The number of carbonyl (C=O) groups excluding carboxylic acids is 1. The summed E-state index contributed by atoms with van der Waals surface area (Å²) in [5, 5.41) is 10.7. The van der Waals surface area contributed by atoms with Crippen LogP contribution in [-0.4, -0.2) is 61.3 Å². The second-order valence-electron chi connectivity index (χ2n) is 9.71. The molecule has 3 N–H and O–H groups in total. The van der Waals surface area contributed by atoms with Gasteiger partial charge in [0, 0.05) is 52.1 Å². The summed E-state index contributed by atoms with van der Waals surface area (Å²) < 4.78 is 13.8. The molecule has 1 saturated heterocycles. The molecule has 1 atom stereocenters. The lowest BCUT2D eigenvalue weighted by Crippen LogP contribution is -2.38. The van der Waals surface area contributed by atoms with E-state index in [0.717, 1.165) is 60.9 Å². The number of oxazole rings is 1. The van der Waals surface area contributed by atoms with Crippen molar-refractivity contribution >= 4 is 30.7 Å². The Hall–Kier alpha value is -2.69. The van der Waals surface area contributed by atoms with Crippen LogP contribution in [-0.2, 0) is 11.5 Å². The van der Waals surface area contributed by atoms with Gasteiger partial charge < -0.3 is 29.7 Å². The Balaban J connectivity index is 1.64. The van der Waals surface area contributed by atoms with E-state index >= 15 is 0 Å². The molecule has 0 aromatic carbocycles. The number of piperidine rings is 1. The van der Waals surface area contributed by atoms with Crippen LogP contribution >= 0.6 is 0 Å². The van der Waals surface area contributed by atoms with Gasteiger partial charge in [0.25, 0.3) is 5.91 Å². The fourth-order valence-electron chi connectivity index (χ4n) is 3.91.